The summed E-state index contributed by atoms with van der Waals surface area (Å²) in [7, 11) is 0. The van der Waals surface area contributed by atoms with Gasteiger partial charge in [-0.25, -0.2) is 0 Å². The summed E-state index contributed by atoms with van der Waals surface area (Å²) < 4.78 is 1.85. The second kappa shape index (κ2) is 9.08. The number of benzene rings is 1. The van der Waals surface area contributed by atoms with Crippen molar-refractivity contribution in [2.45, 2.75) is 94.3 Å². The monoisotopic (exact) mass is 527 g/mol. The Kier molecular flexibility index (Phi) is 6.29. The molecule has 38 heavy (non-hydrogen) atoms. The van der Waals surface area contributed by atoms with E-state index >= 15 is 0 Å². The summed E-state index contributed by atoms with van der Waals surface area (Å²) in [6, 6.07) is 10.1. The number of aliphatic hydroxyl groups is 6. The molecule has 208 valence electrons. The number of nitrogens with zero attached hydrogens (tertiary/aromatic N) is 3. The van der Waals surface area contributed by atoms with Crippen molar-refractivity contribution in [1.82, 2.24) is 15.0 Å². The van der Waals surface area contributed by atoms with E-state index in [1.807, 2.05) is 29.1 Å². The fourth-order valence-corrected chi connectivity index (χ4v) is 9.44. The maximum Gasteiger partial charge on any atom is 0.0870 e. The van der Waals surface area contributed by atoms with Crippen LogP contribution in [0.1, 0.15) is 63.1 Å². The van der Waals surface area contributed by atoms with E-state index in [1.165, 1.54) is 0 Å². The van der Waals surface area contributed by atoms with E-state index in [2.05, 4.69) is 29.4 Å². The van der Waals surface area contributed by atoms with E-state index < -0.39 is 52.9 Å². The SMILES string of the molecule is C[C@]12C[C@@H](O)C3C(CC[C@]4(O)C[C@@H](O)C[C@@H](O)[C@]34CO)[C@@]1(O)CC[C@@H]2Cn1cc(Cc2ccccc2)nn1. The fourth-order valence-electron chi connectivity index (χ4n) is 9.44. The quantitative estimate of drug-likeness (QED) is 0.337. The van der Waals surface area contributed by atoms with E-state index in [0.717, 1.165) is 17.7 Å². The molecule has 0 aliphatic heterocycles. The number of fused-ring (bicyclic) bond motifs is 5. The van der Waals surface area contributed by atoms with Crippen molar-refractivity contribution < 1.29 is 30.6 Å². The Morgan fingerprint density at radius 1 is 1.03 bits per heavy atom. The lowest BCUT2D eigenvalue weighted by Crippen LogP contribution is -2.75. The summed E-state index contributed by atoms with van der Waals surface area (Å²) in [5.41, 5.74) is -2.57. The molecule has 2 aromatic rings. The van der Waals surface area contributed by atoms with Gasteiger partial charge in [-0.1, -0.05) is 42.5 Å². The largest absolute Gasteiger partial charge is 0.396 e. The first-order valence-electron chi connectivity index (χ1n) is 14.1. The van der Waals surface area contributed by atoms with Gasteiger partial charge in [0, 0.05) is 43.3 Å². The lowest BCUT2D eigenvalue weighted by molar-refractivity contribution is -0.317. The highest BCUT2D eigenvalue weighted by Crippen LogP contribution is 2.69. The second-order valence-corrected chi connectivity index (χ2v) is 13.0. The van der Waals surface area contributed by atoms with Gasteiger partial charge in [-0.15, -0.1) is 5.10 Å². The van der Waals surface area contributed by atoms with Crippen molar-refractivity contribution in [3.05, 3.63) is 47.8 Å². The minimum absolute atomic E-state index is 0.0365. The Morgan fingerprint density at radius 2 is 1.79 bits per heavy atom. The molecule has 0 amide bonds. The number of aliphatic hydroxyl groups excluding tert-OH is 4. The highest BCUT2D eigenvalue weighted by atomic mass is 16.3. The van der Waals surface area contributed by atoms with Crippen LogP contribution < -0.4 is 0 Å². The minimum atomic E-state index is -1.50. The van der Waals surface area contributed by atoms with Crippen LogP contribution in [0.2, 0.25) is 0 Å². The van der Waals surface area contributed by atoms with Crippen molar-refractivity contribution in [3.8, 4) is 0 Å². The van der Waals surface area contributed by atoms with E-state index in [4.69, 9.17) is 0 Å². The summed E-state index contributed by atoms with van der Waals surface area (Å²) in [6.45, 7) is 2.13. The second-order valence-electron chi connectivity index (χ2n) is 13.0. The number of hydrogen-bond acceptors (Lipinski definition) is 8. The number of aromatic nitrogens is 3. The maximum atomic E-state index is 12.4. The van der Waals surface area contributed by atoms with Crippen molar-refractivity contribution in [1.29, 1.82) is 0 Å². The fraction of sp³-hybridized carbons (Fsp3) is 0.724. The summed E-state index contributed by atoms with van der Waals surface area (Å²) in [6.07, 6.45) is 2.10. The number of hydrogen-bond donors (Lipinski definition) is 6. The predicted octanol–water partition coefficient (Wildman–Crippen LogP) is 1.03. The molecule has 0 saturated heterocycles. The first-order valence-corrected chi connectivity index (χ1v) is 14.1. The van der Waals surface area contributed by atoms with Gasteiger partial charge in [0.05, 0.1) is 47.2 Å². The zero-order chi connectivity index (χ0) is 26.9. The predicted molar refractivity (Wildman–Crippen MR) is 138 cm³/mol. The number of rotatable bonds is 5. The third-order valence-corrected chi connectivity index (χ3v) is 11.3. The summed E-state index contributed by atoms with van der Waals surface area (Å²) in [5, 5.41) is 76.7. The summed E-state index contributed by atoms with van der Waals surface area (Å²) in [5.74, 6) is -1.00. The van der Waals surface area contributed by atoms with Crippen LogP contribution in [0.15, 0.2) is 36.5 Å². The van der Waals surface area contributed by atoms with Gasteiger partial charge in [-0.2, -0.15) is 0 Å². The molecule has 4 aliphatic carbocycles. The molecule has 9 nitrogen and oxygen atoms in total. The molecular formula is C29H41N3O6. The normalized spacial score (nSPS) is 46.3. The average Bonchev–Trinajstić information content (AvgIpc) is 3.41. The Hall–Kier alpha value is -1.88. The van der Waals surface area contributed by atoms with Crippen molar-refractivity contribution >= 4 is 0 Å². The maximum absolute atomic E-state index is 12.4. The van der Waals surface area contributed by atoms with Gasteiger partial charge < -0.3 is 30.6 Å². The topological polar surface area (TPSA) is 152 Å². The van der Waals surface area contributed by atoms with E-state index in [9.17, 15) is 30.6 Å². The Balaban J connectivity index is 1.27. The van der Waals surface area contributed by atoms with Gasteiger partial charge in [-0.05, 0) is 49.5 Å². The molecule has 4 fully saturated rings. The van der Waals surface area contributed by atoms with Crippen LogP contribution in [0.3, 0.4) is 0 Å². The van der Waals surface area contributed by atoms with Gasteiger partial charge in [0.15, 0.2) is 0 Å². The van der Waals surface area contributed by atoms with Crippen molar-refractivity contribution in [3.63, 3.8) is 0 Å². The molecule has 1 aromatic heterocycles. The van der Waals surface area contributed by atoms with Crippen LogP contribution in [0, 0.1) is 28.6 Å². The molecule has 6 N–H and O–H groups in total. The van der Waals surface area contributed by atoms with Gasteiger partial charge in [0.1, 0.15) is 0 Å². The standard InChI is InChI=1S/C29H41N3O6/c1-26-14-23(35)25-22(8-9-27(37)13-21(34)12-24(36)28(25,27)17-33)29(26,38)10-7-19(26)15-32-16-20(30-31-32)11-18-5-3-2-4-6-18/h2-6,16,19,21-25,33-38H,7-15,17H2,1H3/t19-,21+,22?,23-,24-,25?,26-,27+,28-,29+/m1/s1. The highest BCUT2D eigenvalue weighted by molar-refractivity contribution is 5.24. The zero-order valence-corrected chi connectivity index (χ0v) is 22.0. The minimum Gasteiger partial charge on any atom is -0.396 e. The third kappa shape index (κ3) is 3.59. The van der Waals surface area contributed by atoms with E-state index in [1.54, 1.807) is 0 Å². The summed E-state index contributed by atoms with van der Waals surface area (Å²) >= 11 is 0. The molecule has 0 spiro atoms. The molecule has 2 unspecified atom stereocenters. The zero-order valence-electron chi connectivity index (χ0n) is 22.0. The molecule has 4 aliphatic rings. The first kappa shape index (κ1) is 26.3. The third-order valence-electron chi connectivity index (χ3n) is 11.3. The van der Waals surface area contributed by atoms with Crippen molar-refractivity contribution in [2.75, 3.05) is 6.61 Å². The molecule has 0 radical (unpaired) electrons. The van der Waals surface area contributed by atoms with Gasteiger partial charge in [0.2, 0.25) is 0 Å². The smallest absolute Gasteiger partial charge is 0.0870 e. The molecule has 9 heteroatoms. The molecule has 1 heterocycles. The Morgan fingerprint density at radius 3 is 2.53 bits per heavy atom. The molecule has 6 rings (SSSR count). The van der Waals surface area contributed by atoms with Crippen LogP contribution in [0.5, 0.6) is 0 Å². The Labute approximate surface area is 223 Å². The van der Waals surface area contributed by atoms with Crippen LogP contribution in [0.4, 0.5) is 0 Å². The molecular weight excluding hydrogens is 486 g/mol. The Bertz CT molecular complexity index is 1160. The lowest BCUT2D eigenvalue weighted by atomic mass is 9.40. The van der Waals surface area contributed by atoms with Gasteiger partial charge in [-0.3, -0.25) is 4.68 Å². The summed E-state index contributed by atoms with van der Waals surface area (Å²) in [4.78, 5) is 0. The van der Waals surface area contributed by atoms with Gasteiger partial charge >= 0.3 is 0 Å². The lowest BCUT2D eigenvalue weighted by Gasteiger charge is -2.68. The van der Waals surface area contributed by atoms with E-state index in [0.29, 0.717) is 32.2 Å². The molecule has 1 aromatic carbocycles. The van der Waals surface area contributed by atoms with Crippen LogP contribution in [-0.4, -0.2) is 81.8 Å². The molecule has 10 atom stereocenters. The van der Waals surface area contributed by atoms with Crippen LogP contribution in [0.25, 0.3) is 0 Å². The highest BCUT2D eigenvalue weighted by Gasteiger charge is 2.74. The van der Waals surface area contributed by atoms with Crippen LogP contribution >= 0.6 is 0 Å². The molecule has 4 saturated carbocycles. The van der Waals surface area contributed by atoms with Crippen LogP contribution in [-0.2, 0) is 13.0 Å². The van der Waals surface area contributed by atoms with E-state index in [-0.39, 0.29) is 31.1 Å². The van der Waals surface area contributed by atoms with Gasteiger partial charge in [0.25, 0.3) is 0 Å². The first-order chi connectivity index (χ1) is 18.1. The average molecular weight is 528 g/mol. The van der Waals surface area contributed by atoms with Crippen molar-refractivity contribution in [2.24, 2.45) is 28.6 Å². The molecule has 0 bridgehead atoms.